The van der Waals surface area contributed by atoms with E-state index in [-0.39, 0.29) is 10.8 Å². The number of aromatic nitrogens is 2. The van der Waals surface area contributed by atoms with E-state index in [9.17, 15) is 13.2 Å². The number of carbonyl (C=O) groups excluding carboxylic acids is 1. The Hall–Kier alpha value is -2.28. The second-order valence-corrected chi connectivity index (χ2v) is 7.37. The number of anilines is 1. The maximum atomic E-state index is 12.2. The maximum absolute atomic E-state index is 12.2. The molecule has 1 aromatic carbocycles. The van der Waals surface area contributed by atoms with Crippen molar-refractivity contribution in [3.63, 3.8) is 0 Å². The molecule has 7 heteroatoms. The molecule has 0 saturated heterocycles. The van der Waals surface area contributed by atoms with Crippen LogP contribution in [0, 0.1) is 0 Å². The predicted molar refractivity (Wildman–Crippen MR) is 81.5 cm³/mol. The Kier molecular flexibility index (Phi) is 3.66. The van der Waals surface area contributed by atoms with Gasteiger partial charge in [-0.1, -0.05) is 0 Å². The molecular formula is C15H15N3O3S. The van der Waals surface area contributed by atoms with E-state index in [1.807, 2.05) is 0 Å². The lowest BCUT2D eigenvalue weighted by molar-refractivity contribution is 0.102. The van der Waals surface area contributed by atoms with Gasteiger partial charge in [0, 0.05) is 23.6 Å². The van der Waals surface area contributed by atoms with E-state index in [0.29, 0.717) is 17.3 Å². The Bertz CT molecular complexity index is 812. The topological polar surface area (TPSA) is 89.0 Å². The van der Waals surface area contributed by atoms with Crippen LogP contribution in [0.25, 0.3) is 0 Å². The first kappa shape index (κ1) is 14.6. The van der Waals surface area contributed by atoms with Gasteiger partial charge in [0.05, 0.1) is 4.90 Å². The number of hydrogen-bond acceptors (Lipinski definition) is 5. The molecule has 1 aromatic heterocycles. The van der Waals surface area contributed by atoms with Crippen molar-refractivity contribution in [3.8, 4) is 0 Å². The molecule has 3 rings (SSSR count). The third-order valence-electron chi connectivity index (χ3n) is 3.46. The molecule has 1 heterocycles. The summed E-state index contributed by atoms with van der Waals surface area (Å²) >= 11 is 0. The normalized spacial score (nSPS) is 14.6. The van der Waals surface area contributed by atoms with E-state index in [4.69, 9.17) is 0 Å². The maximum Gasteiger partial charge on any atom is 0.274 e. The van der Waals surface area contributed by atoms with Gasteiger partial charge in [-0.25, -0.2) is 18.4 Å². The highest BCUT2D eigenvalue weighted by Crippen LogP contribution is 2.38. The average Bonchev–Trinajstić information content (AvgIpc) is 3.32. The molecule has 0 unspecified atom stereocenters. The molecular weight excluding hydrogens is 302 g/mol. The first-order valence-electron chi connectivity index (χ1n) is 6.87. The van der Waals surface area contributed by atoms with Gasteiger partial charge in [0.1, 0.15) is 12.0 Å². The predicted octanol–water partition coefficient (Wildman–Crippen LogP) is 2.01. The van der Waals surface area contributed by atoms with Gasteiger partial charge < -0.3 is 5.32 Å². The number of nitrogens with zero attached hydrogens (tertiary/aromatic N) is 2. The summed E-state index contributed by atoms with van der Waals surface area (Å²) in [6.07, 6.45) is 4.74. The standard InChI is InChI=1S/C15H15N3O3S/c1-22(20,21)12-6-4-11(5-7-12)18-15(19)14-8-13(10-2-3-10)16-9-17-14/h4-10H,2-3H2,1H3,(H,18,19). The molecule has 114 valence electrons. The summed E-state index contributed by atoms with van der Waals surface area (Å²) < 4.78 is 22.8. The number of amides is 1. The zero-order chi connectivity index (χ0) is 15.7. The minimum absolute atomic E-state index is 0.212. The summed E-state index contributed by atoms with van der Waals surface area (Å²) in [7, 11) is -3.24. The Morgan fingerprint density at radius 1 is 1.18 bits per heavy atom. The number of benzene rings is 1. The smallest absolute Gasteiger partial charge is 0.274 e. The molecule has 1 aliphatic rings. The molecule has 0 radical (unpaired) electrons. The van der Waals surface area contributed by atoms with Crippen molar-refractivity contribution in [1.29, 1.82) is 0 Å². The van der Waals surface area contributed by atoms with Crippen molar-refractivity contribution < 1.29 is 13.2 Å². The number of nitrogens with one attached hydrogen (secondary N) is 1. The number of carbonyl (C=O) groups is 1. The summed E-state index contributed by atoms with van der Waals surface area (Å²) in [6.45, 7) is 0. The van der Waals surface area contributed by atoms with Crippen LogP contribution in [0.4, 0.5) is 5.69 Å². The molecule has 0 aliphatic heterocycles. The summed E-state index contributed by atoms with van der Waals surface area (Å²) in [5.41, 5.74) is 1.72. The van der Waals surface area contributed by atoms with Crippen molar-refractivity contribution in [1.82, 2.24) is 9.97 Å². The SMILES string of the molecule is CS(=O)(=O)c1ccc(NC(=O)c2cc(C3CC3)ncn2)cc1. The molecule has 2 aromatic rings. The fourth-order valence-electron chi connectivity index (χ4n) is 2.08. The van der Waals surface area contributed by atoms with Gasteiger partial charge in [-0.3, -0.25) is 4.79 Å². The van der Waals surface area contributed by atoms with E-state index in [1.165, 1.54) is 18.5 Å². The van der Waals surface area contributed by atoms with Crippen LogP contribution in [0.1, 0.15) is 34.9 Å². The zero-order valence-corrected chi connectivity index (χ0v) is 12.8. The van der Waals surface area contributed by atoms with Crippen molar-refractivity contribution in [2.24, 2.45) is 0 Å². The highest BCUT2D eigenvalue weighted by atomic mass is 32.2. The minimum Gasteiger partial charge on any atom is -0.321 e. The lowest BCUT2D eigenvalue weighted by Crippen LogP contribution is -2.14. The van der Waals surface area contributed by atoms with E-state index < -0.39 is 9.84 Å². The molecule has 1 amide bonds. The van der Waals surface area contributed by atoms with Crippen LogP contribution in [0.15, 0.2) is 41.6 Å². The Balaban J connectivity index is 1.75. The van der Waals surface area contributed by atoms with Crippen molar-refractivity contribution in [2.75, 3.05) is 11.6 Å². The molecule has 1 saturated carbocycles. The molecule has 0 atom stereocenters. The van der Waals surface area contributed by atoms with E-state index in [0.717, 1.165) is 24.8 Å². The van der Waals surface area contributed by atoms with Crippen LogP contribution in [0.3, 0.4) is 0 Å². The molecule has 0 bridgehead atoms. The van der Waals surface area contributed by atoms with Crippen LogP contribution in [-0.4, -0.2) is 30.5 Å². The van der Waals surface area contributed by atoms with Gasteiger partial charge in [-0.15, -0.1) is 0 Å². The van der Waals surface area contributed by atoms with Gasteiger partial charge >= 0.3 is 0 Å². The molecule has 0 spiro atoms. The largest absolute Gasteiger partial charge is 0.321 e. The van der Waals surface area contributed by atoms with Crippen LogP contribution >= 0.6 is 0 Å². The Morgan fingerprint density at radius 3 is 2.45 bits per heavy atom. The summed E-state index contributed by atoms with van der Waals surface area (Å²) in [5.74, 6) is 0.111. The number of sulfone groups is 1. The molecule has 6 nitrogen and oxygen atoms in total. The second-order valence-electron chi connectivity index (χ2n) is 5.35. The van der Waals surface area contributed by atoms with E-state index >= 15 is 0 Å². The highest BCUT2D eigenvalue weighted by Gasteiger charge is 2.25. The summed E-state index contributed by atoms with van der Waals surface area (Å²) in [4.78, 5) is 20.5. The average molecular weight is 317 g/mol. The van der Waals surface area contributed by atoms with Crippen molar-refractivity contribution in [2.45, 2.75) is 23.7 Å². The van der Waals surface area contributed by atoms with Crippen molar-refractivity contribution in [3.05, 3.63) is 48.0 Å². The summed E-state index contributed by atoms with van der Waals surface area (Å²) in [5, 5.41) is 2.70. The molecule has 1 N–H and O–H groups in total. The molecule has 22 heavy (non-hydrogen) atoms. The lowest BCUT2D eigenvalue weighted by atomic mass is 10.2. The van der Waals surface area contributed by atoms with Crippen LogP contribution < -0.4 is 5.32 Å². The molecule has 1 aliphatic carbocycles. The fraction of sp³-hybridized carbons (Fsp3) is 0.267. The highest BCUT2D eigenvalue weighted by molar-refractivity contribution is 7.90. The molecule has 1 fully saturated rings. The zero-order valence-electron chi connectivity index (χ0n) is 12.0. The third kappa shape index (κ3) is 3.30. The van der Waals surface area contributed by atoms with Gasteiger partial charge in [0.25, 0.3) is 5.91 Å². The van der Waals surface area contributed by atoms with Crippen LogP contribution in [0.5, 0.6) is 0 Å². The Labute approximate surface area is 128 Å². The van der Waals surface area contributed by atoms with Gasteiger partial charge in [0.2, 0.25) is 0 Å². The summed E-state index contributed by atoms with van der Waals surface area (Å²) in [6, 6.07) is 7.73. The van der Waals surface area contributed by atoms with Crippen molar-refractivity contribution >= 4 is 21.4 Å². The first-order chi connectivity index (χ1) is 10.4. The fourth-order valence-corrected chi connectivity index (χ4v) is 2.71. The van der Waals surface area contributed by atoms with Crippen LogP contribution in [-0.2, 0) is 9.84 Å². The first-order valence-corrected chi connectivity index (χ1v) is 8.76. The Morgan fingerprint density at radius 2 is 1.86 bits per heavy atom. The lowest BCUT2D eigenvalue weighted by Gasteiger charge is -2.06. The number of rotatable bonds is 4. The monoisotopic (exact) mass is 317 g/mol. The number of hydrogen-bond donors (Lipinski definition) is 1. The quantitative estimate of drug-likeness (QED) is 0.931. The second kappa shape index (κ2) is 5.49. The minimum atomic E-state index is -3.24. The van der Waals surface area contributed by atoms with E-state index in [1.54, 1.807) is 18.2 Å². The van der Waals surface area contributed by atoms with Crippen LogP contribution in [0.2, 0.25) is 0 Å². The van der Waals surface area contributed by atoms with Gasteiger partial charge in [0.15, 0.2) is 9.84 Å². The van der Waals surface area contributed by atoms with E-state index in [2.05, 4.69) is 15.3 Å². The van der Waals surface area contributed by atoms with Gasteiger partial charge in [-0.2, -0.15) is 0 Å². The van der Waals surface area contributed by atoms with Gasteiger partial charge in [-0.05, 0) is 43.2 Å². The third-order valence-corrected chi connectivity index (χ3v) is 4.59.